The Morgan fingerprint density at radius 1 is 1.59 bits per heavy atom. The van der Waals surface area contributed by atoms with Crippen molar-refractivity contribution in [1.29, 1.82) is 0 Å². The summed E-state index contributed by atoms with van der Waals surface area (Å²) < 4.78 is 5.01. The SMILES string of the molecule is CC(=O)N1CCC(NCc2cc(C)on2)CC1. The van der Waals surface area contributed by atoms with Gasteiger partial charge in [0.2, 0.25) is 5.91 Å². The van der Waals surface area contributed by atoms with Crippen LogP contribution in [0.15, 0.2) is 10.6 Å². The summed E-state index contributed by atoms with van der Waals surface area (Å²) in [7, 11) is 0. The Labute approximate surface area is 101 Å². The second kappa shape index (κ2) is 5.31. The van der Waals surface area contributed by atoms with Gasteiger partial charge < -0.3 is 14.7 Å². The number of carbonyl (C=O) groups excluding carboxylic acids is 1. The van der Waals surface area contributed by atoms with Crippen LogP contribution < -0.4 is 5.32 Å². The highest BCUT2D eigenvalue weighted by Gasteiger charge is 2.20. The molecule has 0 radical (unpaired) electrons. The highest BCUT2D eigenvalue weighted by molar-refractivity contribution is 5.73. The summed E-state index contributed by atoms with van der Waals surface area (Å²) in [6.07, 6.45) is 2.02. The first-order valence-corrected chi connectivity index (χ1v) is 6.06. The molecule has 1 aromatic rings. The summed E-state index contributed by atoms with van der Waals surface area (Å²) in [6, 6.07) is 2.42. The van der Waals surface area contributed by atoms with Crippen LogP contribution in [0, 0.1) is 6.92 Å². The predicted molar refractivity (Wildman–Crippen MR) is 63.4 cm³/mol. The number of carbonyl (C=O) groups is 1. The lowest BCUT2D eigenvalue weighted by atomic mass is 10.1. The van der Waals surface area contributed by atoms with Crippen molar-refractivity contribution in [2.75, 3.05) is 13.1 Å². The second-order valence-electron chi connectivity index (χ2n) is 4.59. The Kier molecular flexibility index (Phi) is 3.78. The number of piperidine rings is 1. The Morgan fingerprint density at radius 3 is 2.82 bits per heavy atom. The van der Waals surface area contributed by atoms with E-state index in [-0.39, 0.29) is 5.91 Å². The number of amides is 1. The van der Waals surface area contributed by atoms with Crippen LogP contribution in [0.4, 0.5) is 0 Å². The van der Waals surface area contributed by atoms with Crippen molar-refractivity contribution in [3.8, 4) is 0 Å². The first-order valence-electron chi connectivity index (χ1n) is 6.06. The molecule has 2 heterocycles. The fourth-order valence-corrected chi connectivity index (χ4v) is 2.15. The zero-order valence-electron chi connectivity index (χ0n) is 10.4. The predicted octanol–water partition coefficient (Wildman–Crippen LogP) is 1.08. The fraction of sp³-hybridized carbons (Fsp3) is 0.667. The molecule has 1 aliphatic heterocycles. The van der Waals surface area contributed by atoms with Gasteiger partial charge in [0.15, 0.2) is 0 Å². The molecule has 1 aliphatic rings. The molecule has 5 nitrogen and oxygen atoms in total. The molecule has 0 atom stereocenters. The van der Waals surface area contributed by atoms with Crippen LogP contribution in [0.5, 0.6) is 0 Å². The second-order valence-corrected chi connectivity index (χ2v) is 4.59. The van der Waals surface area contributed by atoms with E-state index in [1.807, 2.05) is 17.9 Å². The van der Waals surface area contributed by atoms with Gasteiger partial charge in [-0.2, -0.15) is 0 Å². The molecule has 1 fully saturated rings. The van der Waals surface area contributed by atoms with Gasteiger partial charge in [-0.3, -0.25) is 4.79 Å². The Morgan fingerprint density at radius 2 is 2.29 bits per heavy atom. The topological polar surface area (TPSA) is 58.4 Å². The number of hydrogen-bond donors (Lipinski definition) is 1. The minimum absolute atomic E-state index is 0.176. The van der Waals surface area contributed by atoms with Crippen molar-refractivity contribution in [2.24, 2.45) is 0 Å². The summed E-state index contributed by atoms with van der Waals surface area (Å²) in [6.45, 7) is 5.96. The van der Waals surface area contributed by atoms with Crippen molar-refractivity contribution >= 4 is 5.91 Å². The third-order valence-electron chi connectivity index (χ3n) is 3.19. The van der Waals surface area contributed by atoms with E-state index in [2.05, 4.69) is 10.5 Å². The zero-order chi connectivity index (χ0) is 12.3. The molecule has 2 rings (SSSR count). The van der Waals surface area contributed by atoms with E-state index in [1.54, 1.807) is 6.92 Å². The number of hydrogen-bond acceptors (Lipinski definition) is 4. The standard InChI is InChI=1S/C12H19N3O2/c1-9-7-12(14-17-9)8-13-11-3-5-15(6-4-11)10(2)16/h7,11,13H,3-6,8H2,1-2H3. The van der Waals surface area contributed by atoms with Crippen LogP contribution in [0.2, 0.25) is 0 Å². The Bertz CT molecular complexity index is 381. The molecule has 1 saturated heterocycles. The maximum Gasteiger partial charge on any atom is 0.219 e. The number of aryl methyl sites for hydroxylation is 1. The first-order chi connectivity index (χ1) is 8.15. The molecule has 1 aromatic heterocycles. The van der Waals surface area contributed by atoms with E-state index in [0.29, 0.717) is 6.04 Å². The number of aromatic nitrogens is 1. The molecule has 1 N–H and O–H groups in total. The van der Waals surface area contributed by atoms with E-state index in [0.717, 1.165) is 43.9 Å². The van der Waals surface area contributed by atoms with Gasteiger partial charge in [-0.05, 0) is 19.8 Å². The highest BCUT2D eigenvalue weighted by atomic mass is 16.5. The normalized spacial score (nSPS) is 17.4. The third kappa shape index (κ3) is 3.30. The van der Waals surface area contributed by atoms with Gasteiger partial charge in [0.1, 0.15) is 5.76 Å². The molecule has 5 heteroatoms. The fourth-order valence-electron chi connectivity index (χ4n) is 2.15. The van der Waals surface area contributed by atoms with Crippen LogP contribution in [-0.2, 0) is 11.3 Å². The average molecular weight is 237 g/mol. The molecule has 17 heavy (non-hydrogen) atoms. The lowest BCUT2D eigenvalue weighted by molar-refractivity contribution is -0.129. The summed E-state index contributed by atoms with van der Waals surface area (Å²) in [5.41, 5.74) is 0.941. The smallest absolute Gasteiger partial charge is 0.219 e. The van der Waals surface area contributed by atoms with E-state index < -0.39 is 0 Å². The van der Waals surface area contributed by atoms with Crippen LogP contribution in [0.1, 0.15) is 31.2 Å². The zero-order valence-corrected chi connectivity index (χ0v) is 10.4. The van der Waals surface area contributed by atoms with Crippen LogP contribution >= 0.6 is 0 Å². The minimum Gasteiger partial charge on any atom is -0.361 e. The summed E-state index contributed by atoms with van der Waals surface area (Å²) >= 11 is 0. The van der Waals surface area contributed by atoms with Crippen molar-refractivity contribution in [3.63, 3.8) is 0 Å². The van der Waals surface area contributed by atoms with Crippen LogP contribution in [-0.4, -0.2) is 35.1 Å². The van der Waals surface area contributed by atoms with E-state index in [9.17, 15) is 4.79 Å². The van der Waals surface area contributed by atoms with Gasteiger partial charge >= 0.3 is 0 Å². The van der Waals surface area contributed by atoms with Crippen molar-refractivity contribution in [1.82, 2.24) is 15.4 Å². The molecule has 94 valence electrons. The monoisotopic (exact) mass is 237 g/mol. The van der Waals surface area contributed by atoms with Gasteiger partial charge in [0.25, 0.3) is 0 Å². The molecule has 0 unspecified atom stereocenters. The quantitative estimate of drug-likeness (QED) is 0.854. The largest absolute Gasteiger partial charge is 0.361 e. The summed E-state index contributed by atoms with van der Waals surface area (Å²) in [5, 5.41) is 7.39. The molecule has 0 aromatic carbocycles. The van der Waals surface area contributed by atoms with E-state index in [1.165, 1.54) is 0 Å². The minimum atomic E-state index is 0.176. The molecule has 0 saturated carbocycles. The van der Waals surface area contributed by atoms with Crippen LogP contribution in [0.25, 0.3) is 0 Å². The number of nitrogens with one attached hydrogen (secondary N) is 1. The first kappa shape index (κ1) is 12.1. The van der Waals surface area contributed by atoms with Gasteiger partial charge in [-0.25, -0.2) is 0 Å². The number of likely N-dealkylation sites (tertiary alicyclic amines) is 1. The van der Waals surface area contributed by atoms with Gasteiger partial charge in [-0.15, -0.1) is 0 Å². The van der Waals surface area contributed by atoms with E-state index >= 15 is 0 Å². The Balaban J connectivity index is 1.73. The van der Waals surface area contributed by atoms with Gasteiger partial charge in [0.05, 0.1) is 5.69 Å². The maximum absolute atomic E-state index is 11.2. The molecule has 0 bridgehead atoms. The highest BCUT2D eigenvalue weighted by Crippen LogP contribution is 2.11. The van der Waals surface area contributed by atoms with Crippen molar-refractivity contribution in [3.05, 3.63) is 17.5 Å². The maximum atomic E-state index is 11.2. The lowest BCUT2D eigenvalue weighted by Crippen LogP contribution is -2.43. The molecule has 0 aliphatic carbocycles. The molecule has 0 spiro atoms. The summed E-state index contributed by atoms with van der Waals surface area (Å²) in [4.78, 5) is 13.1. The summed E-state index contributed by atoms with van der Waals surface area (Å²) in [5.74, 6) is 1.02. The number of nitrogens with zero attached hydrogens (tertiary/aromatic N) is 2. The average Bonchev–Trinajstić information content (AvgIpc) is 2.73. The van der Waals surface area contributed by atoms with Gasteiger partial charge in [-0.1, -0.05) is 5.16 Å². The van der Waals surface area contributed by atoms with E-state index in [4.69, 9.17) is 4.52 Å². The van der Waals surface area contributed by atoms with Gasteiger partial charge in [0, 0.05) is 38.7 Å². The molecular weight excluding hydrogens is 218 g/mol. The Hall–Kier alpha value is -1.36. The lowest BCUT2D eigenvalue weighted by Gasteiger charge is -2.31. The van der Waals surface area contributed by atoms with Crippen LogP contribution in [0.3, 0.4) is 0 Å². The third-order valence-corrected chi connectivity index (χ3v) is 3.19. The molecule has 1 amide bonds. The van der Waals surface area contributed by atoms with Crippen molar-refractivity contribution in [2.45, 2.75) is 39.3 Å². The van der Waals surface area contributed by atoms with Crippen molar-refractivity contribution < 1.29 is 9.32 Å². The number of rotatable bonds is 3. The molecular formula is C12H19N3O2.